The van der Waals surface area contributed by atoms with Gasteiger partial charge in [-0.15, -0.1) is 0 Å². The molecule has 0 spiro atoms. The first-order chi connectivity index (χ1) is 7.69. The van der Waals surface area contributed by atoms with Crippen molar-refractivity contribution in [2.75, 3.05) is 27.9 Å². The largest absolute Gasteiger partial charge is 0.483 e. The monoisotopic (exact) mass is 252 g/mol. The Labute approximate surface area is 102 Å². The van der Waals surface area contributed by atoms with Crippen molar-refractivity contribution in [1.82, 2.24) is 0 Å². The van der Waals surface area contributed by atoms with Crippen molar-refractivity contribution in [2.45, 2.75) is 39.5 Å². The molecule has 0 saturated heterocycles. The topological polar surface area (TPSA) is 47.9 Å². The molecule has 0 aliphatic carbocycles. The van der Waals surface area contributed by atoms with Gasteiger partial charge in [-0.3, -0.25) is 0 Å². The highest BCUT2D eigenvalue weighted by Crippen LogP contribution is 2.10. The fraction of sp³-hybridized carbons (Fsp3) is 1.00. The zero-order valence-electron chi connectivity index (χ0n) is 11.4. The van der Waals surface area contributed by atoms with Crippen LogP contribution in [0, 0.1) is 5.92 Å². The van der Waals surface area contributed by atoms with Gasteiger partial charge >= 0.3 is 9.53 Å². The first kappa shape index (κ1) is 18.4. The standard InChI is InChI=1S/C8H18O.C3H10O3Si/c1-3-5-6-8(4-2)7-9;1-4-7(5-2)6-3/h8-9H,3-7H2,1-2H3;7H,1-3H3. The molecule has 100 valence electrons. The fourth-order valence-electron chi connectivity index (χ4n) is 1.21. The second kappa shape index (κ2) is 15.1. The number of rotatable bonds is 8. The van der Waals surface area contributed by atoms with Crippen LogP contribution in [0.5, 0.6) is 0 Å². The molecule has 0 fully saturated rings. The summed E-state index contributed by atoms with van der Waals surface area (Å²) in [5.41, 5.74) is 0. The maximum Gasteiger partial charge on any atom is 0.483 e. The van der Waals surface area contributed by atoms with Gasteiger partial charge in [0, 0.05) is 27.9 Å². The van der Waals surface area contributed by atoms with Gasteiger partial charge in [-0.05, 0) is 12.3 Å². The third-order valence-electron chi connectivity index (χ3n) is 2.38. The number of hydrogen-bond donors (Lipinski definition) is 1. The Kier molecular flexibility index (Phi) is 17.3. The van der Waals surface area contributed by atoms with E-state index in [1.165, 1.54) is 19.3 Å². The molecule has 1 atom stereocenters. The van der Waals surface area contributed by atoms with E-state index in [4.69, 9.17) is 18.4 Å². The second-order valence-corrected chi connectivity index (χ2v) is 5.59. The van der Waals surface area contributed by atoms with Crippen molar-refractivity contribution >= 4 is 9.53 Å². The summed E-state index contributed by atoms with van der Waals surface area (Å²) in [4.78, 5) is 0. The van der Waals surface area contributed by atoms with E-state index in [-0.39, 0.29) is 0 Å². The van der Waals surface area contributed by atoms with Crippen LogP contribution in [0.15, 0.2) is 0 Å². The van der Waals surface area contributed by atoms with Crippen LogP contribution in [0.1, 0.15) is 39.5 Å². The summed E-state index contributed by atoms with van der Waals surface area (Å²) >= 11 is 0. The normalized spacial score (nSPS) is 12.2. The third-order valence-corrected chi connectivity index (χ3v) is 3.53. The first-order valence-electron chi connectivity index (χ1n) is 5.89. The minimum atomic E-state index is -1.67. The molecule has 0 saturated carbocycles. The van der Waals surface area contributed by atoms with Crippen molar-refractivity contribution in [3.63, 3.8) is 0 Å². The van der Waals surface area contributed by atoms with Crippen molar-refractivity contribution in [1.29, 1.82) is 0 Å². The zero-order chi connectivity index (χ0) is 12.8. The molecule has 0 aromatic heterocycles. The summed E-state index contributed by atoms with van der Waals surface area (Å²) < 4.78 is 14.2. The molecule has 5 heteroatoms. The maximum absolute atomic E-state index is 8.75. The summed E-state index contributed by atoms with van der Waals surface area (Å²) in [5, 5.41) is 8.75. The fourth-order valence-corrected chi connectivity index (χ4v) is 1.78. The van der Waals surface area contributed by atoms with Crippen molar-refractivity contribution in [3.05, 3.63) is 0 Å². The predicted molar refractivity (Wildman–Crippen MR) is 68.6 cm³/mol. The number of hydrogen-bond acceptors (Lipinski definition) is 4. The van der Waals surface area contributed by atoms with E-state index in [9.17, 15) is 0 Å². The molecule has 0 rings (SSSR count). The van der Waals surface area contributed by atoms with Crippen molar-refractivity contribution in [3.8, 4) is 0 Å². The molecule has 0 bridgehead atoms. The average Bonchev–Trinajstić information content (AvgIpc) is 2.34. The Morgan fingerprint density at radius 1 is 1.06 bits per heavy atom. The van der Waals surface area contributed by atoms with E-state index >= 15 is 0 Å². The SMILES string of the molecule is CCCCC(CC)CO.CO[SiH](OC)OC. The highest BCUT2D eigenvalue weighted by molar-refractivity contribution is 6.36. The predicted octanol–water partition coefficient (Wildman–Crippen LogP) is 1.84. The molecule has 0 aromatic carbocycles. The number of unbranched alkanes of at least 4 members (excludes halogenated alkanes) is 1. The van der Waals surface area contributed by atoms with Gasteiger partial charge in [0.2, 0.25) is 0 Å². The molecule has 0 aliphatic heterocycles. The lowest BCUT2D eigenvalue weighted by Gasteiger charge is -2.08. The van der Waals surface area contributed by atoms with Crippen LogP contribution in [-0.4, -0.2) is 42.6 Å². The summed E-state index contributed by atoms with van der Waals surface area (Å²) in [5.74, 6) is 0.560. The van der Waals surface area contributed by atoms with Crippen LogP contribution >= 0.6 is 0 Å². The van der Waals surface area contributed by atoms with Gasteiger partial charge in [0.15, 0.2) is 0 Å². The second-order valence-electron chi connectivity index (χ2n) is 3.59. The van der Waals surface area contributed by atoms with Crippen LogP contribution in [0.2, 0.25) is 0 Å². The average molecular weight is 252 g/mol. The molecule has 0 aromatic rings. The van der Waals surface area contributed by atoms with E-state index in [2.05, 4.69) is 13.8 Å². The van der Waals surface area contributed by atoms with Crippen LogP contribution < -0.4 is 0 Å². The molecule has 16 heavy (non-hydrogen) atoms. The van der Waals surface area contributed by atoms with E-state index in [1.807, 2.05) is 0 Å². The van der Waals surface area contributed by atoms with Gasteiger partial charge in [0.1, 0.15) is 0 Å². The summed E-state index contributed by atoms with van der Waals surface area (Å²) in [7, 11) is 3.05. The molecule has 0 amide bonds. The minimum Gasteiger partial charge on any atom is -0.396 e. The molecule has 1 unspecified atom stereocenters. The van der Waals surface area contributed by atoms with E-state index in [0.29, 0.717) is 12.5 Å². The van der Waals surface area contributed by atoms with Gasteiger partial charge in [0.25, 0.3) is 0 Å². The summed E-state index contributed by atoms with van der Waals surface area (Å²) in [6.45, 7) is 4.69. The van der Waals surface area contributed by atoms with Gasteiger partial charge < -0.3 is 18.4 Å². The molecular weight excluding hydrogens is 224 g/mol. The third kappa shape index (κ3) is 12.1. The first-order valence-corrected chi connectivity index (χ1v) is 7.30. The molecule has 1 N–H and O–H groups in total. The molecule has 0 radical (unpaired) electrons. The lowest BCUT2D eigenvalue weighted by atomic mass is 10.0. The minimum absolute atomic E-state index is 0.372. The number of aliphatic hydroxyl groups is 1. The van der Waals surface area contributed by atoms with Crippen molar-refractivity contribution in [2.24, 2.45) is 5.92 Å². The van der Waals surface area contributed by atoms with Crippen molar-refractivity contribution < 1.29 is 18.4 Å². The smallest absolute Gasteiger partial charge is 0.396 e. The Hall–Kier alpha value is 0.0569. The molecule has 0 aliphatic rings. The van der Waals surface area contributed by atoms with E-state index in [1.54, 1.807) is 21.3 Å². The molecule has 4 nitrogen and oxygen atoms in total. The number of aliphatic hydroxyl groups excluding tert-OH is 1. The zero-order valence-corrected chi connectivity index (χ0v) is 12.5. The lowest BCUT2D eigenvalue weighted by Crippen LogP contribution is -2.21. The van der Waals surface area contributed by atoms with Crippen LogP contribution in [0.25, 0.3) is 0 Å². The highest BCUT2D eigenvalue weighted by atomic mass is 28.3. The van der Waals surface area contributed by atoms with Crippen LogP contribution in [0.3, 0.4) is 0 Å². The summed E-state index contributed by atoms with van der Waals surface area (Å²) in [6, 6.07) is 0. The van der Waals surface area contributed by atoms with Gasteiger partial charge in [-0.2, -0.15) is 0 Å². The van der Waals surface area contributed by atoms with E-state index < -0.39 is 9.53 Å². The Morgan fingerprint density at radius 3 is 1.75 bits per heavy atom. The van der Waals surface area contributed by atoms with Gasteiger partial charge in [-0.25, -0.2) is 0 Å². The quantitative estimate of drug-likeness (QED) is 0.670. The van der Waals surface area contributed by atoms with Gasteiger partial charge in [-0.1, -0.05) is 33.1 Å². The molecular formula is C11H28O4Si. The lowest BCUT2D eigenvalue weighted by molar-refractivity contribution is 0.163. The van der Waals surface area contributed by atoms with E-state index in [0.717, 1.165) is 6.42 Å². The summed E-state index contributed by atoms with van der Waals surface area (Å²) in [6.07, 6.45) is 4.83. The van der Waals surface area contributed by atoms with Crippen LogP contribution in [0.4, 0.5) is 0 Å². The Morgan fingerprint density at radius 2 is 1.56 bits per heavy atom. The highest BCUT2D eigenvalue weighted by Gasteiger charge is 2.05. The Bertz CT molecular complexity index is 111. The van der Waals surface area contributed by atoms with Crippen LogP contribution in [-0.2, 0) is 13.3 Å². The maximum atomic E-state index is 8.75. The van der Waals surface area contributed by atoms with Gasteiger partial charge in [0.05, 0.1) is 0 Å². The Balaban J connectivity index is 0. The molecule has 0 heterocycles.